The van der Waals surface area contributed by atoms with Crippen LogP contribution in [0.1, 0.15) is 37.1 Å². The molecule has 102 valence electrons. The summed E-state index contributed by atoms with van der Waals surface area (Å²) in [4.78, 5) is 15.4. The Bertz CT molecular complexity index is 596. The van der Waals surface area contributed by atoms with Gasteiger partial charge in [-0.15, -0.1) is 0 Å². The molecular formula is C14H19N3O2. The van der Waals surface area contributed by atoms with Crippen LogP contribution in [0.25, 0.3) is 5.52 Å². The number of imidazole rings is 1. The van der Waals surface area contributed by atoms with E-state index < -0.39 is 5.97 Å². The van der Waals surface area contributed by atoms with Crippen molar-refractivity contribution in [2.24, 2.45) is 5.41 Å². The summed E-state index contributed by atoms with van der Waals surface area (Å²) < 4.78 is 1.82. The lowest BCUT2D eigenvalue weighted by Crippen LogP contribution is -2.27. The average molecular weight is 261 g/mol. The van der Waals surface area contributed by atoms with Crippen molar-refractivity contribution in [2.45, 2.75) is 27.3 Å². The lowest BCUT2D eigenvalue weighted by molar-refractivity contribution is 0.0693. The summed E-state index contributed by atoms with van der Waals surface area (Å²) >= 11 is 0. The minimum atomic E-state index is -0.995. The molecule has 0 radical (unpaired) electrons. The molecule has 0 fully saturated rings. The number of carboxylic acids is 1. The fraction of sp³-hybridized carbons (Fsp3) is 0.429. The number of aromatic carboxylic acids is 1. The molecule has 5 nitrogen and oxygen atoms in total. The van der Waals surface area contributed by atoms with E-state index >= 15 is 0 Å². The van der Waals surface area contributed by atoms with E-state index in [1.807, 2.05) is 22.7 Å². The third-order valence-corrected chi connectivity index (χ3v) is 2.76. The Balaban J connectivity index is 2.26. The van der Waals surface area contributed by atoms with Crippen LogP contribution in [-0.4, -0.2) is 27.0 Å². The number of rotatable bonds is 4. The van der Waals surface area contributed by atoms with Crippen LogP contribution in [0.2, 0.25) is 0 Å². The first-order valence-electron chi connectivity index (χ1n) is 6.28. The van der Waals surface area contributed by atoms with Gasteiger partial charge in [0, 0.05) is 12.7 Å². The normalized spacial score (nSPS) is 11.9. The predicted octanol–water partition coefficient (Wildman–Crippen LogP) is 2.17. The number of aromatic nitrogens is 2. The molecule has 0 aliphatic rings. The number of hydrogen-bond donors (Lipinski definition) is 2. The average Bonchev–Trinajstić information content (AvgIpc) is 2.67. The van der Waals surface area contributed by atoms with Gasteiger partial charge in [0.15, 0.2) is 5.69 Å². The van der Waals surface area contributed by atoms with Crippen LogP contribution in [0.5, 0.6) is 0 Å². The summed E-state index contributed by atoms with van der Waals surface area (Å²) in [5.41, 5.74) is 0.915. The van der Waals surface area contributed by atoms with Crippen molar-refractivity contribution in [3.63, 3.8) is 0 Å². The van der Waals surface area contributed by atoms with Gasteiger partial charge in [-0.05, 0) is 17.5 Å². The van der Waals surface area contributed by atoms with Crippen LogP contribution in [-0.2, 0) is 6.54 Å². The monoisotopic (exact) mass is 261 g/mol. The van der Waals surface area contributed by atoms with Crippen LogP contribution in [0.3, 0.4) is 0 Å². The molecule has 0 amide bonds. The Labute approximate surface area is 112 Å². The summed E-state index contributed by atoms with van der Waals surface area (Å²) in [6.45, 7) is 7.83. The van der Waals surface area contributed by atoms with Gasteiger partial charge in [-0.2, -0.15) is 0 Å². The van der Waals surface area contributed by atoms with Gasteiger partial charge in [0.25, 0.3) is 0 Å². The van der Waals surface area contributed by atoms with Gasteiger partial charge in [0.05, 0.1) is 12.1 Å². The molecule has 5 heteroatoms. The van der Waals surface area contributed by atoms with Gasteiger partial charge >= 0.3 is 5.97 Å². The van der Waals surface area contributed by atoms with Gasteiger partial charge in [-0.1, -0.05) is 26.8 Å². The SMILES string of the molecule is CC(C)(C)CNCc1nc(C(=O)O)c2ccccn12. The fourth-order valence-corrected chi connectivity index (χ4v) is 1.93. The summed E-state index contributed by atoms with van der Waals surface area (Å²) in [6, 6.07) is 5.45. The molecule has 2 rings (SSSR count). The summed E-state index contributed by atoms with van der Waals surface area (Å²) in [5.74, 6) is -0.275. The van der Waals surface area contributed by atoms with Crippen LogP contribution in [0, 0.1) is 5.41 Å². The molecule has 19 heavy (non-hydrogen) atoms. The van der Waals surface area contributed by atoms with Gasteiger partial charge in [0.1, 0.15) is 5.82 Å². The highest BCUT2D eigenvalue weighted by molar-refractivity contribution is 5.93. The van der Waals surface area contributed by atoms with E-state index in [1.54, 1.807) is 6.07 Å². The third kappa shape index (κ3) is 3.12. The van der Waals surface area contributed by atoms with Gasteiger partial charge in [-0.3, -0.25) is 0 Å². The van der Waals surface area contributed by atoms with E-state index in [-0.39, 0.29) is 11.1 Å². The topological polar surface area (TPSA) is 66.6 Å². The minimum Gasteiger partial charge on any atom is -0.476 e. The molecule has 2 aromatic rings. The first kappa shape index (κ1) is 13.5. The molecule has 0 spiro atoms. The lowest BCUT2D eigenvalue weighted by Gasteiger charge is -2.18. The van der Waals surface area contributed by atoms with Crippen LogP contribution >= 0.6 is 0 Å². The van der Waals surface area contributed by atoms with Crippen molar-refractivity contribution in [2.75, 3.05) is 6.54 Å². The largest absolute Gasteiger partial charge is 0.476 e. The number of pyridine rings is 1. The molecule has 0 atom stereocenters. The quantitative estimate of drug-likeness (QED) is 0.885. The molecule has 0 aliphatic carbocycles. The van der Waals surface area contributed by atoms with Crippen molar-refractivity contribution in [1.82, 2.24) is 14.7 Å². The van der Waals surface area contributed by atoms with E-state index in [0.29, 0.717) is 12.1 Å². The number of nitrogens with zero attached hydrogens (tertiary/aromatic N) is 2. The van der Waals surface area contributed by atoms with E-state index in [1.165, 1.54) is 0 Å². The zero-order valence-corrected chi connectivity index (χ0v) is 11.5. The molecular weight excluding hydrogens is 242 g/mol. The number of nitrogens with one attached hydrogen (secondary N) is 1. The fourth-order valence-electron chi connectivity index (χ4n) is 1.93. The zero-order valence-electron chi connectivity index (χ0n) is 11.5. The van der Waals surface area contributed by atoms with Gasteiger partial charge in [-0.25, -0.2) is 9.78 Å². The number of fused-ring (bicyclic) bond motifs is 1. The van der Waals surface area contributed by atoms with Crippen molar-refractivity contribution in [3.05, 3.63) is 35.9 Å². The van der Waals surface area contributed by atoms with Crippen LogP contribution in [0.15, 0.2) is 24.4 Å². The standard InChI is InChI=1S/C14H19N3O2/c1-14(2,3)9-15-8-11-16-12(13(18)19)10-6-4-5-7-17(10)11/h4-7,15H,8-9H2,1-3H3,(H,18,19). The van der Waals surface area contributed by atoms with Crippen LogP contribution in [0.4, 0.5) is 0 Å². The molecule has 0 saturated carbocycles. The maximum Gasteiger partial charge on any atom is 0.356 e. The van der Waals surface area contributed by atoms with Crippen molar-refractivity contribution in [1.29, 1.82) is 0 Å². The van der Waals surface area contributed by atoms with E-state index in [9.17, 15) is 4.79 Å². The Kier molecular flexibility index (Phi) is 3.57. The highest BCUT2D eigenvalue weighted by atomic mass is 16.4. The molecule has 0 unspecified atom stereocenters. The van der Waals surface area contributed by atoms with Gasteiger partial charge in [0.2, 0.25) is 0 Å². The molecule has 2 N–H and O–H groups in total. The minimum absolute atomic E-state index is 0.105. The molecule has 0 aromatic carbocycles. The molecule has 0 bridgehead atoms. The smallest absolute Gasteiger partial charge is 0.356 e. The van der Waals surface area contributed by atoms with Gasteiger partial charge < -0.3 is 14.8 Å². The van der Waals surface area contributed by atoms with Crippen molar-refractivity contribution in [3.8, 4) is 0 Å². The molecule has 0 aliphatic heterocycles. The highest BCUT2D eigenvalue weighted by Gasteiger charge is 2.16. The molecule has 2 aromatic heterocycles. The second-order valence-corrected chi connectivity index (χ2v) is 5.80. The van der Waals surface area contributed by atoms with Crippen LogP contribution < -0.4 is 5.32 Å². The lowest BCUT2D eigenvalue weighted by atomic mass is 9.97. The second kappa shape index (κ2) is 5.01. The first-order chi connectivity index (χ1) is 8.88. The third-order valence-electron chi connectivity index (χ3n) is 2.76. The maximum atomic E-state index is 11.2. The Morgan fingerprint density at radius 1 is 1.42 bits per heavy atom. The summed E-state index contributed by atoms with van der Waals surface area (Å²) in [7, 11) is 0. The van der Waals surface area contributed by atoms with E-state index in [4.69, 9.17) is 5.11 Å². The number of carbonyl (C=O) groups is 1. The van der Waals surface area contributed by atoms with Crippen molar-refractivity contribution >= 4 is 11.5 Å². The summed E-state index contributed by atoms with van der Waals surface area (Å²) in [5, 5.41) is 12.5. The Hall–Kier alpha value is -1.88. The molecule has 2 heterocycles. The molecule has 0 saturated heterocycles. The second-order valence-electron chi connectivity index (χ2n) is 5.80. The Morgan fingerprint density at radius 3 is 2.79 bits per heavy atom. The summed E-state index contributed by atoms with van der Waals surface area (Å²) in [6.07, 6.45) is 1.84. The van der Waals surface area contributed by atoms with Crippen molar-refractivity contribution < 1.29 is 9.90 Å². The predicted molar refractivity (Wildman–Crippen MR) is 73.3 cm³/mol. The first-order valence-corrected chi connectivity index (χ1v) is 6.28. The maximum absolute atomic E-state index is 11.2. The number of carboxylic acid groups (broad SMARTS) is 1. The highest BCUT2D eigenvalue weighted by Crippen LogP contribution is 2.14. The number of hydrogen-bond acceptors (Lipinski definition) is 3. The van der Waals surface area contributed by atoms with E-state index in [2.05, 4.69) is 31.1 Å². The zero-order chi connectivity index (χ0) is 14.0. The Morgan fingerprint density at radius 2 is 2.16 bits per heavy atom. The van der Waals surface area contributed by atoms with E-state index in [0.717, 1.165) is 12.4 Å².